The molecule has 5 heteroatoms. The lowest BCUT2D eigenvalue weighted by Gasteiger charge is -2.35. The third-order valence-corrected chi connectivity index (χ3v) is 4.45. The number of hydrogen-bond acceptors (Lipinski definition) is 3. The quantitative estimate of drug-likeness (QED) is 0.802. The lowest BCUT2D eigenvalue weighted by Crippen LogP contribution is -2.37. The first-order valence-corrected chi connectivity index (χ1v) is 7.85. The molecule has 2 N–H and O–H groups in total. The molecule has 1 aliphatic rings. The predicted octanol–water partition coefficient (Wildman–Crippen LogP) is 3.39. The van der Waals surface area contributed by atoms with Crippen LogP contribution in [-0.4, -0.2) is 29.3 Å². The molecule has 0 saturated heterocycles. The number of nitrogens with one attached hydrogen (secondary N) is 1. The molecule has 23 heavy (non-hydrogen) atoms. The van der Waals surface area contributed by atoms with Gasteiger partial charge in [-0.15, -0.1) is 0 Å². The molecule has 1 aliphatic heterocycles. The Morgan fingerprint density at radius 2 is 2.39 bits per heavy atom. The smallest absolute Gasteiger partial charge is 0.306 e. The van der Waals surface area contributed by atoms with Gasteiger partial charge in [-0.25, -0.2) is 0 Å². The molecular weight excluding hydrogens is 294 g/mol. The summed E-state index contributed by atoms with van der Waals surface area (Å²) >= 11 is 0. The summed E-state index contributed by atoms with van der Waals surface area (Å²) in [6.45, 7) is 6.58. The summed E-state index contributed by atoms with van der Waals surface area (Å²) in [6.07, 6.45) is 3.02. The van der Waals surface area contributed by atoms with Gasteiger partial charge in [-0.05, 0) is 24.5 Å². The summed E-state index contributed by atoms with van der Waals surface area (Å²) in [4.78, 5) is 14.7. The van der Waals surface area contributed by atoms with Crippen LogP contribution in [0.5, 0.6) is 5.75 Å². The van der Waals surface area contributed by atoms with Crippen molar-refractivity contribution in [1.82, 2.24) is 4.98 Å². The number of fused-ring (bicyclic) bond motifs is 3. The molecule has 0 spiro atoms. The normalized spacial score (nSPS) is 20.2. The number of H-pyrrole nitrogens is 1. The fourth-order valence-corrected chi connectivity index (χ4v) is 3.37. The van der Waals surface area contributed by atoms with Gasteiger partial charge < -0.3 is 19.6 Å². The van der Waals surface area contributed by atoms with E-state index in [4.69, 9.17) is 9.47 Å². The summed E-state index contributed by atoms with van der Waals surface area (Å²) < 4.78 is 11.7. The minimum absolute atomic E-state index is 0.0494. The first-order valence-electron chi connectivity index (χ1n) is 7.85. The Labute approximate surface area is 134 Å². The molecule has 1 aromatic carbocycles. The van der Waals surface area contributed by atoms with Crippen LogP contribution in [0, 0.1) is 0 Å². The highest BCUT2D eigenvalue weighted by Gasteiger charge is 2.41. The Hall–Kier alpha value is -2.27. The van der Waals surface area contributed by atoms with Crippen molar-refractivity contribution < 1.29 is 19.4 Å². The van der Waals surface area contributed by atoms with Crippen LogP contribution in [0.15, 0.2) is 30.9 Å². The van der Waals surface area contributed by atoms with Crippen molar-refractivity contribution in [3.63, 3.8) is 0 Å². The molecule has 2 aromatic rings. The highest BCUT2D eigenvalue weighted by atomic mass is 16.5. The Morgan fingerprint density at radius 1 is 1.57 bits per heavy atom. The topological polar surface area (TPSA) is 71.6 Å². The van der Waals surface area contributed by atoms with Crippen LogP contribution in [0.3, 0.4) is 0 Å². The Balaban J connectivity index is 2.16. The largest absolute Gasteiger partial charge is 0.487 e. The lowest BCUT2D eigenvalue weighted by molar-refractivity contribution is -0.148. The number of aliphatic carboxylic acids is 1. The second kappa shape index (κ2) is 6.08. The van der Waals surface area contributed by atoms with Crippen LogP contribution in [0.4, 0.5) is 0 Å². The summed E-state index contributed by atoms with van der Waals surface area (Å²) in [7, 11) is 0. The molecule has 1 aromatic heterocycles. The second-order valence-corrected chi connectivity index (χ2v) is 5.77. The third-order valence-electron chi connectivity index (χ3n) is 4.45. The number of carboxylic acids is 1. The molecular formula is C18H21NO4. The van der Waals surface area contributed by atoms with Crippen molar-refractivity contribution >= 4 is 16.9 Å². The molecule has 0 fully saturated rings. The van der Waals surface area contributed by atoms with Crippen molar-refractivity contribution in [3.05, 3.63) is 42.1 Å². The van der Waals surface area contributed by atoms with Gasteiger partial charge in [-0.1, -0.05) is 31.7 Å². The van der Waals surface area contributed by atoms with Gasteiger partial charge in [0.05, 0.1) is 24.2 Å². The Morgan fingerprint density at radius 3 is 3.09 bits per heavy atom. The molecule has 0 saturated carbocycles. The van der Waals surface area contributed by atoms with Crippen molar-refractivity contribution in [2.45, 2.75) is 31.8 Å². The Kier molecular flexibility index (Phi) is 4.13. The van der Waals surface area contributed by atoms with Gasteiger partial charge >= 0.3 is 5.97 Å². The summed E-state index contributed by atoms with van der Waals surface area (Å²) in [6, 6.07) is 5.90. The molecule has 1 atom stereocenters. The molecule has 0 amide bonds. The van der Waals surface area contributed by atoms with E-state index in [1.54, 1.807) is 6.08 Å². The molecule has 0 radical (unpaired) electrons. The van der Waals surface area contributed by atoms with Crippen LogP contribution in [0.2, 0.25) is 0 Å². The van der Waals surface area contributed by atoms with Gasteiger partial charge in [0.2, 0.25) is 0 Å². The van der Waals surface area contributed by atoms with Gasteiger partial charge in [-0.2, -0.15) is 0 Å². The maximum atomic E-state index is 11.3. The fourth-order valence-electron chi connectivity index (χ4n) is 3.37. The minimum atomic E-state index is -0.860. The van der Waals surface area contributed by atoms with E-state index in [1.807, 2.05) is 25.1 Å². The van der Waals surface area contributed by atoms with E-state index in [-0.39, 0.29) is 6.42 Å². The zero-order chi connectivity index (χ0) is 16.4. The van der Waals surface area contributed by atoms with E-state index in [2.05, 4.69) is 11.6 Å². The van der Waals surface area contributed by atoms with E-state index in [9.17, 15) is 9.90 Å². The molecule has 122 valence electrons. The molecule has 0 aliphatic carbocycles. The van der Waals surface area contributed by atoms with Gasteiger partial charge in [0, 0.05) is 5.39 Å². The fraction of sp³-hybridized carbons (Fsp3) is 0.389. The number of para-hydroxylation sites is 1. The zero-order valence-electron chi connectivity index (χ0n) is 13.2. The molecule has 1 unspecified atom stereocenters. The monoisotopic (exact) mass is 315 g/mol. The molecule has 2 heterocycles. The number of aromatic nitrogens is 1. The number of hydrogen-bond donors (Lipinski definition) is 2. The van der Waals surface area contributed by atoms with E-state index in [0.29, 0.717) is 19.6 Å². The van der Waals surface area contributed by atoms with Crippen LogP contribution < -0.4 is 4.74 Å². The summed E-state index contributed by atoms with van der Waals surface area (Å²) in [5.41, 5.74) is 2.11. The number of benzene rings is 1. The number of carbonyl (C=O) groups is 1. The molecule has 5 nitrogen and oxygen atoms in total. The van der Waals surface area contributed by atoms with Crippen molar-refractivity contribution in [1.29, 1.82) is 0 Å². The number of rotatable bonds is 6. The molecule has 3 rings (SSSR count). The van der Waals surface area contributed by atoms with Gasteiger partial charge in [0.25, 0.3) is 0 Å². The first-order chi connectivity index (χ1) is 11.1. The second-order valence-electron chi connectivity index (χ2n) is 5.77. The van der Waals surface area contributed by atoms with Crippen molar-refractivity contribution in [3.8, 4) is 5.75 Å². The van der Waals surface area contributed by atoms with Crippen LogP contribution in [-0.2, 0) is 21.6 Å². The van der Waals surface area contributed by atoms with E-state index in [0.717, 1.165) is 34.3 Å². The number of aromatic amines is 1. The van der Waals surface area contributed by atoms with Gasteiger partial charge in [-0.3, -0.25) is 4.79 Å². The van der Waals surface area contributed by atoms with Crippen LogP contribution in [0.1, 0.15) is 31.0 Å². The third kappa shape index (κ3) is 2.61. The van der Waals surface area contributed by atoms with Crippen molar-refractivity contribution in [2.75, 3.05) is 13.2 Å². The average Bonchev–Trinajstić information content (AvgIpc) is 2.93. The molecule has 0 bridgehead atoms. The SMILES string of the molecule is C=CCOc1cccc2c3c([nH]c12)C(CC)(CC(=O)O)OCC3. The maximum absolute atomic E-state index is 11.3. The first kappa shape index (κ1) is 15.6. The van der Waals surface area contributed by atoms with Crippen LogP contribution in [0.25, 0.3) is 10.9 Å². The van der Waals surface area contributed by atoms with E-state index >= 15 is 0 Å². The Bertz CT molecular complexity index is 749. The number of carboxylic acid groups (broad SMARTS) is 1. The van der Waals surface area contributed by atoms with Crippen molar-refractivity contribution in [2.24, 2.45) is 0 Å². The van der Waals surface area contributed by atoms with E-state index in [1.165, 1.54) is 0 Å². The van der Waals surface area contributed by atoms with Crippen LogP contribution >= 0.6 is 0 Å². The lowest BCUT2D eigenvalue weighted by atomic mass is 9.86. The summed E-state index contributed by atoms with van der Waals surface area (Å²) in [5, 5.41) is 10.4. The van der Waals surface area contributed by atoms with Gasteiger partial charge in [0.15, 0.2) is 0 Å². The minimum Gasteiger partial charge on any atom is -0.487 e. The number of ether oxygens (including phenoxy) is 2. The highest BCUT2D eigenvalue weighted by Crippen LogP contribution is 2.43. The maximum Gasteiger partial charge on any atom is 0.306 e. The average molecular weight is 315 g/mol. The van der Waals surface area contributed by atoms with Gasteiger partial charge in [0.1, 0.15) is 18.0 Å². The van der Waals surface area contributed by atoms with E-state index < -0.39 is 11.6 Å². The standard InChI is InChI=1S/C18H21NO4/c1-3-9-22-14-7-5-6-12-13-8-10-23-18(4-2,11-15(20)21)17(13)19-16(12)14/h3,5-7,19H,1,4,8-11H2,2H3,(H,20,21). The highest BCUT2D eigenvalue weighted by molar-refractivity contribution is 5.90. The summed E-state index contributed by atoms with van der Waals surface area (Å²) in [5.74, 6) is -0.112. The zero-order valence-corrected chi connectivity index (χ0v) is 13.2. The predicted molar refractivity (Wildman–Crippen MR) is 87.9 cm³/mol.